The van der Waals surface area contributed by atoms with Gasteiger partial charge in [-0.3, -0.25) is 14.4 Å². The van der Waals surface area contributed by atoms with Crippen LogP contribution in [0.4, 0.5) is 4.39 Å². The monoisotopic (exact) mass is 350 g/mol. The first-order valence-electron chi connectivity index (χ1n) is 8.38. The molecular formula is C18H23FN2O4. The van der Waals surface area contributed by atoms with Crippen LogP contribution in [-0.4, -0.2) is 46.9 Å². The van der Waals surface area contributed by atoms with Gasteiger partial charge in [-0.15, -0.1) is 0 Å². The van der Waals surface area contributed by atoms with Crippen LogP contribution in [0.5, 0.6) is 0 Å². The number of carboxylic acid groups (broad SMARTS) is 1. The predicted octanol–water partition coefficient (Wildman–Crippen LogP) is 1.90. The van der Waals surface area contributed by atoms with Gasteiger partial charge < -0.3 is 15.3 Å². The number of aliphatic carboxylic acids is 1. The SMILES string of the molecule is CC(C)C(NC(=O)c1ccccc1F)C(=O)N1CCC(C(=O)O)CC1. The number of carbonyl (C=O) groups excluding carboxylic acids is 2. The fourth-order valence-electron chi connectivity index (χ4n) is 2.92. The molecule has 6 nitrogen and oxygen atoms in total. The molecule has 1 fully saturated rings. The molecule has 1 saturated heterocycles. The van der Waals surface area contributed by atoms with E-state index in [1.54, 1.807) is 24.8 Å². The van der Waals surface area contributed by atoms with Gasteiger partial charge >= 0.3 is 5.97 Å². The van der Waals surface area contributed by atoms with Gasteiger partial charge in [0.15, 0.2) is 0 Å². The maximum absolute atomic E-state index is 13.8. The lowest BCUT2D eigenvalue weighted by molar-refractivity contribution is -0.146. The van der Waals surface area contributed by atoms with Gasteiger partial charge in [-0.2, -0.15) is 0 Å². The Bertz CT molecular complexity index is 654. The molecule has 0 bridgehead atoms. The molecule has 0 aromatic heterocycles. The highest BCUT2D eigenvalue weighted by Crippen LogP contribution is 2.19. The standard InChI is InChI=1S/C18H23FN2O4/c1-11(2)15(20-16(22)13-5-3-4-6-14(13)19)17(23)21-9-7-12(8-10-21)18(24)25/h3-6,11-12,15H,7-10H2,1-2H3,(H,20,22)(H,24,25). The van der Waals surface area contributed by atoms with E-state index in [-0.39, 0.29) is 17.4 Å². The van der Waals surface area contributed by atoms with Crippen molar-refractivity contribution in [1.82, 2.24) is 10.2 Å². The van der Waals surface area contributed by atoms with Crippen molar-refractivity contribution >= 4 is 17.8 Å². The van der Waals surface area contributed by atoms with E-state index >= 15 is 0 Å². The van der Waals surface area contributed by atoms with Gasteiger partial charge in [0.25, 0.3) is 5.91 Å². The van der Waals surface area contributed by atoms with Crippen molar-refractivity contribution in [3.8, 4) is 0 Å². The van der Waals surface area contributed by atoms with Gasteiger partial charge in [0, 0.05) is 13.1 Å². The Kier molecular flexibility index (Phi) is 6.12. The van der Waals surface area contributed by atoms with Crippen LogP contribution < -0.4 is 5.32 Å². The second-order valence-corrected chi connectivity index (χ2v) is 6.61. The summed E-state index contributed by atoms with van der Waals surface area (Å²) in [5.74, 6) is -3.00. The first kappa shape index (κ1) is 18.9. The zero-order valence-corrected chi connectivity index (χ0v) is 14.4. The molecule has 2 amide bonds. The Labute approximate surface area is 146 Å². The van der Waals surface area contributed by atoms with Crippen LogP contribution in [0.15, 0.2) is 24.3 Å². The number of nitrogens with one attached hydrogen (secondary N) is 1. The summed E-state index contributed by atoms with van der Waals surface area (Å²) in [6.07, 6.45) is 0.792. The minimum atomic E-state index is -0.847. The highest BCUT2D eigenvalue weighted by atomic mass is 19.1. The number of hydrogen-bond donors (Lipinski definition) is 2. The van der Waals surface area contributed by atoms with Gasteiger partial charge in [-0.1, -0.05) is 26.0 Å². The predicted molar refractivity (Wildman–Crippen MR) is 89.4 cm³/mol. The van der Waals surface area contributed by atoms with E-state index in [0.717, 1.165) is 0 Å². The van der Waals surface area contributed by atoms with Crippen LogP contribution in [0.3, 0.4) is 0 Å². The van der Waals surface area contributed by atoms with Gasteiger partial charge in [-0.05, 0) is 30.9 Å². The van der Waals surface area contributed by atoms with Gasteiger partial charge in [0.2, 0.25) is 5.91 Å². The molecule has 136 valence electrons. The van der Waals surface area contributed by atoms with E-state index in [0.29, 0.717) is 25.9 Å². The van der Waals surface area contributed by atoms with Crippen LogP contribution in [-0.2, 0) is 9.59 Å². The lowest BCUT2D eigenvalue weighted by atomic mass is 9.95. The molecule has 0 saturated carbocycles. The normalized spacial score (nSPS) is 16.6. The van der Waals surface area contributed by atoms with E-state index in [1.807, 2.05) is 0 Å². The van der Waals surface area contributed by atoms with E-state index in [2.05, 4.69) is 5.32 Å². The number of hydrogen-bond acceptors (Lipinski definition) is 3. The molecule has 1 heterocycles. The third-order valence-electron chi connectivity index (χ3n) is 4.49. The number of benzene rings is 1. The average Bonchev–Trinajstić information content (AvgIpc) is 2.59. The fraction of sp³-hybridized carbons (Fsp3) is 0.500. The maximum Gasteiger partial charge on any atom is 0.306 e. The second-order valence-electron chi connectivity index (χ2n) is 6.61. The molecule has 2 N–H and O–H groups in total. The molecule has 0 radical (unpaired) electrons. The summed E-state index contributed by atoms with van der Waals surface area (Å²) in [4.78, 5) is 37.6. The average molecular weight is 350 g/mol. The quantitative estimate of drug-likeness (QED) is 0.849. The van der Waals surface area contributed by atoms with Crippen LogP contribution >= 0.6 is 0 Å². The van der Waals surface area contributed by atoms with E-state index in [9.17, 15) is 18.8 Å². The van der Waals surface area contributed by atoms with E-state index < -0.39 is 29.7 Å². The third kappa shape index (κ3) is 4.55. The third-order valence-corrected chi connectivity index (χ3v) is 4.49. The molecule has 1 aliphatic rings. The molecule has 0 spiro atoms. The van der Waals surface area contributed by atoms with Gasteiger partial charge in [-0.25, -0.2) is 4.39 Å². The number of halogens is 1. The fourth-order valence-corrected chi connectivity index (χ4v) is 2.92. The second kappa shape index (κ2) is 8.09. The van der Waals surface area contributed by atoms with E-state index in [1.165, 1.54) is 18.2 Å². The molecule has 7 heteroatoms. The smallest absolute Gasteiger partial charge is 0.306 e. The molecule has 1 aromatic rings. The lowest BCUT2D eigenvalue weighted by Crippen LogP contribution is -2.53. The maximum atomic E-state index is 13.8. The van der Waals surface area contributed by atoms with Crippen molar-refractivity contribution in [2.45, 2.75) is 32.7 Å². The molecule has 0 aliphatic carbocycles. The van der Waals surface area contributed by atoms with Crippen molar-refractivity contribution in [3.63, 3.8) is 0 Å². The Morgan fingerprint density at radius 1 is 1.20 bits per heavy atom. The highest BCUT2D eigenvalue weighted by Gasteiger charge is 2.33. The Hall–Kier alpha value is -2.44. The molecule has 1 atom stereocenters. The molecule has 1 aromatic carbocycles. The van der Waals surface area contributed by atoms with Gasteiger partial charge in [0.1, 0.15) is 11.9 Å². The number of amides is 2. The Balaban J connectivity index is 2.05. The summed E-state index contributed by atoms with van der Waals surface area (Å²) in [5.41, 5.74) is -0.106. The number of rotatable bonds is 5. The molecule has 1 aliphatic heterocycles. The summed E-state index contributed by atoms with van der Waals surface area (Å²) < 4.78 is 13.8. The van der Waals surface area contributed by atoms with Crippen molar-refractivity contribution < 1.29 is 23.9 Å². The van der Waals surface area contributed by atoms with Crippen molar-refractivity contribution in [3.05, 3.63) is 35.6 Å². The summed E-state index contributed by atoms with van der Waals surface area (Å²) >= 11 is 0. The van der Waals surface area contributed by atoms with Crippen molar-refractivity contribution in [1.29, 1.82) is 0 Å². The summed E-state index contributed by atoms with van der Waals surface area (Å²) in [7, 11) is 0. The zero-order chi connectivity index (χ0) is 18.6. The molecule has 1 unspecified atom stereocenters. The first-order chi connectivity index (χ1) is 11.8. The molecule has 2 rings (SSSR count). The van der Waals surface area contributed by atoms with Crippen molar-refractivity contribution in [2.75, 3.05) is 13.1 Å². The number of likely N-dealkylation sites (tertiary alicyclic amines) is 1. The molecular weight excluding hydrogens is 327 g/mol. The summed E-state index contributed by atoms with van der Waals surface area (Å²) in [6.45, 7) is 4.28. The van der Waals surface area contributed by atoms with Crippen molar-refractivity contribution in [2.24, 2.45) is 11.8 Å². The number of carboxylic acids is 1. The van der Waals surface area contributed by atoms with E-state index in [4.69, 9.17) is 5.11 Å². The van der Waals surface area contributed by atoms with Crippen LogP contribution in [0.2, 0.25) is 0 Å². The largest absolute Gasteiger partial charge is 0.481 e. The molecule has 25 heavy (non-hydrogen) atoms. The number of nitrogens with zero attached hydrogens (tertiary/aromatic N) is 1. The number of piperidine rings is 1. The zero-order valence-electron chi connectivity index (χ0n) is 14.4. The Morgan fingerprint density at radius 2 is 1.80 bits per heavy atom. The lowest BCUT2D eigenvalue weighted by Gasteiger charge is -2.34. The minimum Gasteiger partial charge on any atom is -0.481 e. The number of carbonyl (C=O) groups is 3. The minimum absolute atomic E-state index is 0.106. The topological polar surface area (TPSA) is 86.7 Å². The van der Waals surface area contributed by atoms with Crippen LogP contribution in [0.1, 0.15) is 37.0 Å². The summed E-state index contributed by atoms with van der Waals surface area (Å²) in [5, 5.41) is 11.7. The highest BCUT2D eigenvalue weighted by molar-refractivity contribution is 5.97. The van der Waals surface area contributed by atoms with Gasteiger partial charge in [0.05, 0.1) is 11.5 Å². The Morgan fingerprint density at radius 3 is 2.32 bits per heavy atom. The summed E-state index contributed by atoms with van der Waals surface area (Å²) in [6, 6.07) is 4.82. The van der Waals surface area contributed by atoms with Crippen LogP contribution in [0.25, 0.3) is 0 Å². The first-order valence-corrected chi connectivity index (χ1v) is 8.38. The van der Waals surface area contributed by atoms with Crippen LogP contribution in [0, 0.1) is 17.7 Å².